The van der Waals surface area contributed by atoms with Crippen LogP contribution < -0.4 is 10.7 Å². The number of nitriles is 2. The molecule has 26 heavy (non-hydrogen) atoms. The van der Waals surface area contributed by atoms with Crippen LogP contribution in [0.3, 0.4) is 0 Å². The highest BCUT2D eigenvalue weighted by Crippen LogP contribution is 2.83. The van der Waals surface area contributed by atoms with Crippen LogP contribution in [0.5, 0.6) is 0 Å². The molecule has 0 radical (unpaired) electrons. The summed E-state index contributed by atoms with van der Waals surface area (Å²) in [7, 11) is 0. The first-order valence-corrected chi connectivity index (χ1v) is 8.71. The minimum absolute atomic E-state index is 0.148. The van der Waals surface area contributed by atoms with E-state index < -0.39 is 28.0 Å². The quantitative estimate of drug-likeness (QED) is 0.729. The molecule has 1 aromatic rings. The van der Waals surface area contributed by atoms with Gasteiger partial charge in [-0.2, -0.15) is 10.5 Å². The third-order valence-corrected chi connectivity index (χ3v) is 5.88. The second-order valence-electron chi connectivity index (χ2n) is 6.51. The van der Waals surface area contributed by atoms with Gasteiger partial charge in [0.25, 0.3) is 5.84 Å². The normalized spacial score (nSPS) is 33.7. The molecule has 0 aromatic heterocycles. The molecule has 1 saturated carbocycles. The molecule has 0 saturated heterocycles. The lowest BCUT2D eigenvalue weighted by Crippen LogP contribution is -2.91. The number of nitrogens with one attached hydrogen (secondary N) is 1. The number of rotatable bonds is 6. The minimum Gasteiger partial charge on any atom is -0.314 e. The third kappa shape index (κ3) is 1.59. The molecule has 3 rings (SSSR count). The Morgan fingerprint density at radius 2 is 1.65 bits per heavy atom. The Labute approximate surface area is 152 Å². The summed E-state index contributed by atoms with van der Waals surface area (Å²) in [5.74, 6) is -1.79. The van der Waals surface area contributed by atoms with E-state index in [1.54, 1.807) is 26.0 Å². The maximum absolute atomic E-state index is 13.5. The van der Waals surface area contributed by atoms with Gasteiger partial charge in [-0.1, -0.05) is 19.1 Å². The number of fused-ring (bicyclic) bond motifs is 1. The molecule has 0 unspecified atom stereocenters. The zero-order valence-corrected chi connectivity index (χ0v) is 15.1. The van der Waals surface area contributed by atoms with Crippen molar-refractivity contribution in [1.29, 1.82) is 10.5 Å². The summed E-state index contributed by atoms with van der Waals surface area (Å²) in [5, 5.41) is 20.5. The van der Waals surface area contributed by atoms with Crippen LogP contribution in [0.25, 0.3) is 0 Å². The Morgan fingerprint density at radius 1 is 1.08 bits per heavy atom. The zero-order chi connectivity index (χ0) is 19.2. The Balaban J connectivity index is 2.35. The Morgan fingerprint density at radius 3 is 2.08 bits per heavy atom. The van der Waals surface area contributed by atoms with Crippen LogP contribution in [-0.2, 0) is 14.9 Å². The number of hydrogen-bond acceptors (Lipinski definition) is 5. The molecule has 2 aliphatic rings. The maximum Gasteiger partial charge on any atom is 0.343 e. The van der Waals surface area contributed by atoms with Gasteiger partial charge in [0.1, 0.15) is 5.82 Å². The predicted molar refractivity (Wildman–Crippen MR) is 90.6 cm³/mol. The van der Waals surface area contributed by atoms with Crippen molar-refractivity contribution in [1.82, 2.24) is 0 Å². The summed E-state index contributed by atoms with van der Waals surface area (Å²) in [6.07, 6.45) is 0.435. The van der Waals surface area contributed by atoms with E-state index in [9.17, 15) is 14.9 Å². The van der Waals surface area contributed by atoms with E-state index in [4.69, 9.17) is 15.2 Å². The van der Waals surface area contributed by atoms with Crippen molar-refractivity contribution >= 4 is 5.84 Å². The Bertz CT molecular complexity index is 835. The second kappa shape index (κ2) is 5.77. The first-order valence-electron chi connectivity index (χ1n) is 8.71. The molecular formula is C19H22FN4O2+. The van der Waals surface area contributed by atoms with Gasteiger partial charge in [0, 0.05) is 0 Å². The number of halogens is 1. The SMILES string of the molecule is CCOC1(OCC)[NH+]=C(N)[C@@]2(C#N)[C@@](CC)(c3ccc(F)cc3)[C@@]12C#N. The van der Waals surface area contributed by atoms with Crippen LogP contribution in [0.15, 0.2) is 24.3 Å². The lowest BCUT2D eigenvalue weighted by molar-refractivity contribution is -0.694. The van der Waals surface area contributed by atoms with Gasteiger partial charge in [0.2, 0.25) is 0 Å². The second-order valence-corrected chi connectivity index (χ2v) is 6.51. The molecule has 1 fully saturated rings. The maximum atomic E-state index is 13.5. The van der Waals surface area contributed by atoms with Crippen LogP contribution in [0.2, 0.25) is 0 Å². The molecule has 1 aromatic carbocycles. The molecule has 136 valence electrons. The summed E-state index contributed by atoms with van der Waals surface area (Å²) in [6, 6.07) is 10.5. The summed E-state index contributed by atoms with van der Waals surface area (Å²) < 4.78 is 25.3. The monoisotopic (exact) mass is 357 g/mol. The average molecular weight is 357 g/mol. The fourth-order valence-electron chi connectivity index (χ4n) is 5.08. The third-order valence-electron chi connectivity index (χ3n) is 5.88. The largest absolute Gasteiger partial charge is 0.343 e. The topological polar surface area (TPSA) is 106 Å². The van der Waals surface area contributed by atoms with E-state index in [1.165, 1.54) is 12.1 Å². The average Bonchev–Trinajstić information content (AvgIpc) is 3.13. The van der Waals surface area contributed by atoms with Crippen molar-refractivity contribution in [3.05, 3.63) is 35.6 Å². The van der Waals surface area contributed by atoms with Gasteiger partial charge in [-0.05, 0) is 38.0 Å². The Hall–Kier alpha value is -2.48. The summed E-state index contributed by atoms with van der Waals surface area (Å²) in [6.45, 7) is 5.96. The van der Waals surface area contributed by atoms with E-state index in [0.29, 0.717) is 12.0 Å². The van der Waals surface area contributed by atoms with E-state index in [0.717, 1.165) is 0 Å². The highest BCUT2D eigenvalue weighted by Gasteiger charge is 3.03. The summed E-state index contributed by atoms with van der Waals surface area (Å²) >= 11 is 0. The zero-order valence-electron chi connectivity index (χ0n) is 15.1. The minimum atomic E-state index is -1.55. The highest BCUT2D eigenvalue weighted by molar-refractivity contribution is 5.97. The number of nitrogens with two attached hydrogens (primary N) is 1. The molecule has 1 aliphatic heterocycles. The van der Waals surface area contributed by atoms with E-state index in [2.05, 4.69) is 17.1 Å². The van der Waals surface area contributed by atoms with Crippen molar-refractivity contribution < 1.29 is 18.9 Å². The van der Waals surface area contributed by atoms with Crippen LogP contribution in [0.4, 0.5) is 4.39 Å². The van der Waals surface area contributed by atoms with Crippen molar-refractivity contribution in [3.8, 4) is 12.1 Å². The number of hydrogen-bond donors (Lipinski definition) is 2. The molecular weight excluding hydrogens is 335 g/mol. The van der Waals surface area contributed by atoms with Gasteiger partial charge in [0.05, 0.1) is 30.8 Å². The van der Waals surface area contributed by atoms with Crippen LogP contribution in [0.1, 0.15) is 32.8 Å². The number of ether oxygens (including phenoxy) is 2. The van der Waals surface area contributed by atoms with Crippen molar-refractivity contribution in [3.63, 3.8) is 0 Å². The molecule has 1 aliphatic carbocycles. The fourth-order valence-corrected chi connectivity index (χ4v) is 5.08. The van der Waals surface area contributed by atoms with E-state index in [1.807, 2.05) is 6.92 Å². The van der Waals surface area contributed by atoms with Crippen LogP contribution in [0, 0.1) is 39.3 Å². The molecule has 0 amide bonds. The summed E-state index contributed by atoms with van der Waals surface area (Å²) in [5.41, 5.74) is 3.23. The van der Waals surface area contributed by atoms with E-state index in [-0.39, 0.29) is 19.0 Å². The molecule has 1 heterocycles. The van der Waals surface area contributed by atoms with Crippen LogP contribution >= 0.6 is 0 Å². The smallest absolute Gasteiger partial charge is 0.314 e. The van der Waals surface area contributed by atoms with Gasteiger partial charge in [-0.3, -0.25) is 5.73 Å². The number of benzene rings is 1. The van der Waals surface area contributed by atoms with Gasteiger partial charge in [-0.25, -0.2) is 9.38 Å². The molecule has 3 atom stereocenters. The number of amidine groups is 1. The lowest BCUT2D eigenvalue weighted by atomic mass is 9.80. The first-order chi connectivity index (χ1) is 12.4. The van der Waals surface area contributed by atoms with Crippen molar-refractivity contribution in [2.45, 2.75) is 38.5 Å². The molecule has 3 N–H and O–H groups in total. The van der Waals surface area contributed by atoms with Gasteiger partial charge in [-0.15, -0.1) is 0 Å². The standard InChI is InChI=1S/C19H21FN4O2/c1-4-16(13-7-9-14(20)10-8-13)17(11-21)15(23)24-19(25-5-2,26-6-3)18(16,17)12-22/h7-10H,4-6H2,1-3H3,(H2,23,24)/p+1/t16-,17+,18-/m1/s1. The van der Waals surface area contributed by atoms with Crippen molar-refractivity contribution in [2.24, 2.45) is 16.6 Å². The van der Waals surface area contributed by atoms with Crippen LogP contribution in [-0.4, -0.2) is 25.0 Å². The first kappa shape index (κ1) is 18.3. The summed E-state index contributed by atoms with van der Waals surface area (Å²) in [4.78, 5) is 2.95. The number of nitrogens with zero attached hydrogens (tertiary/aromatic N) is 2. The predicted octanol–water partition coefficient (Wildman–Crippen LogP) is 0.685. The Kier molecular flexibility index (Phi) is 4.06. The lowest BCUT2D eigenvalue weighted by Gasteiger charge is -2.33. The molecule has 6 nitrogen and oxygen atoms in total. The fraction of sp³-hybridized carbons (Fsp3) is 0.526. The molecule has 7 heteroatoms. The van der Waals surface area contributed by atoms with E-state index >= 15 is 0 Å². The van der Waals surface area contributed by atoms with Crippen molar-refractivity contribution in [2.75, 3.05) is 13.2 Å². The van der Waals surface area contributed by atoms with Gasteiger partial charge < -0.3 is 9.47 Å². The molecule has 0 spiro atoms. The highest BCUT2D eigenvalue weighted by atomic mass is 19.1. The van der Waals surface area contributed by atoms with Gasteiger partial charge in [0.15, 0.2) is 10.8 Å². The van der Waals surface area contributed by atoms with Gasteiger partial charge >= 0.3 is 5.91 Å². The molecule has 0 bridgehead atoms.